The molecule has 4 nitrogen and oxygen atoms in total. The van der Waals surface area contributed by atoms with Gasteiger partial charge in [-0.2, -0.15) is 0 Å². The molecule has 0 saturated carbocycles. The summed E-state index contributed by atoms with van der Waals surface area (Å²) in [5.74, 6) is 0.103. The number of rotatable bonds is 3. The molecule has 134 valence electrons. The molecule has 3 aromatic rings. The zero-order chi connectivity index (χ0) is 18.1. The number of nitrogens with one attached hydrogen (secondary N) is 1. The van der Waals surface area contributed by atoms with Crippen molar-refractivity contribution in [3.05, 3.63) is 53.1 Å². The van der Waals surface area contributed by atoms with Crippen LogP contribution >= 0.6 is 22.9 Å². The predicted molar refractivity (Wildman–Crippen MR) is 109 cm³/mol. The molecule has 0 unspecified atom stereocenters. The number of fused-ring (bicyclic) bond motifs is 1. The summed E-state index contributed by atoms with van der Waals surface area (Å²) < 4.78 is 1.11. The summed E-state index contributed by atoms with van der Waals surface area (Å²) in [5, 5.41) is 4.44. The van der Waals surface area contributed by atoms with Crippen LogP contribution in [0.1, 0.15) is 18.4 Å². The Bertz CT molecular complexity index is 947. The topological polar surface area (TPSA) is 45.2 Å². The van der Waals surface area contributed by atoms with Gasteiger partial charge in [-0.1, -0.05) is 35.1 Å². The van der Waals surface area contributed by atoms with E-state index in [2.05, 4.69) is 34.3 Å². The molecule has 0 bridgehead atoms. The van der Waals surface area contributed by atoms with E-state index in [1.807, 2.05) is 30.3 Å². The quantitative estimate of drug-likeness (QED) is 0.681. The lowest BCUT2D eigenvalue weighted by molar-refractivity contribution is -0.120. The van der Waals surface area contributed by atoms with Crippen LogP contribution in [0.5, 0.6) is 0 Å². The highest BCUT2D eigenvalue weighted by Crippen LogP contribution is 2.29. The number of benzene rings is 2. The number of halogens is 1. The van der Waals surface area contributed by atoms with Gasteiger partial charge < -0.3 is 10.2 Å². The van der Waals surface area contributed by atoms with Crippen molar-refractivity contribution in [2.45, 2.75) is 19.8 Å². The molecule has 26 heavy (non-hydrogen) atoms. The largest absolute Gasteiger partial charge is 0.371 e. The fourth-order valence-corrected chi connectivity index (χ4v) is 4.52. The number of nitrogens with zero attached hydrogens (tertiary/aromatic N) is 2. The maximum Gasteiger partial charge on any atom is 0.229 e. The van der Waals surface area contributed by atoms with Crippen LogP contribution in [0, 0.1) is 12.8 Å². The standard InChI is InChI=1S/C20H20ClN3OS/c1-13-5-6-17-18(11-13)26-20(22-17)23-19(25)14-7-9-24(10-8-14)16-4-2-3-15(21)12-16/h2-6,11-12,14H,7-10H2,1H3,(H,22,23,25). The van der Waals surface area contributed by atoms with Crippen LogP contribution < -0.4 is 10.2 Å². The molecule has 1 amide bonds. The van der Waals surface area contributed by atoms with Gasteiger partial charge in [0.1, 0.15) is 0 Å². The van der Waals surface area contributed by atoms with Gasteiger partial charge >= 0.3 is 0 Å². The van der Waals surface area contributed by atoms with E-state index in [-0.39, 0.29) is 11.8 Å². The van der Waals surface area contributed by atoms with E-state index in [4.69, 9.17) is 11.6 Å². The maximum atomic E-state index is 12.6. The molecule has 2 aromatic carbocycles. The van der Waals surface area contributed by atoms with Crippen molar-refractivity contribution in [1.82, 2.24) is 4.98 Å². The van der Waals surface area contributed by atoms with Gasteiger partial charge in [-0.15, -0.1) is 0 Å². The molecule has 2 heterocycles. The number of aryl methyl sites for hydroxylation is 1. The van der Waals surface area contributed by atoms with E-state index in [0.29, 0.717) is 5.13 Å². The van der Waals surface area contributed by atoms with Crippen molar-refractivity contribution in [3.8, 4) is 0 Å². The van der Waals surface area contributed by atoms with E-state index >= 15 is 0 Å². The Balaban J connectivity index is 1.38. The number of hydrogen-bond donors (Lipinski definition) is 1. The van der Waals surface area contributed by atoms with Crippen LogP contribution in [0.15, 0.2) is 42.5 Å². The maximum absolute atomic E-state index is 12.6. The molecule has 1 aliphatic heterocycles. The van der Waals surface area contributed by atoms with Gasteiger partial charge in [0, 0.05) is 29.7 Å². The van der Waals surface area contributed by atoms with Crippen molar-refractivity contribution in [2.75, 3.05) is 23.3 Å². The molecule has 4 rings (SSSR count). The minimum absolute atomic E-state index is 0.0270. The highest BCUT2D eigenvalue weighted by molar-refractivity contribution is 7.22. The van der Waals surface area contributed by atoms with Gasteiger partial charge in [0.15, 0.2) is 5.13 Å². The average molecular weight is 386 g/mol. The number of carbonyl (C=O) groups excluding carboxylic acids is 1. The van der Waals surface area contributed by atoms with Crippen LogP contribution in [-0.4, -0.2) is 24.0 Å². The normalized spacial score (nSPS) is 15.4. The summed E-state index contributed by atoms with van der Waals surface area (Å²) >= 11 is 7.61. The van der Waals surface area contributed by atoms with E-state index in [0.717, 1.165) is 46.9 Å². The Morgan fingerprint density at radius 2 is 2.04 bits per heavy atom. The number of anilines is 2. The average Bonchev–Trinajstić information content (AvgIpc) is 3.03. The third-order valence-corrected chi connectivity index (χ3v) is 5.98. The highest BCUT2D eigenvalue weighted by atomic mass is 35.5. The predicted octanol–water partition coefficient (Wildman–Crippen LogP) is 5.11. The fraction of sp³-hybridized carbons (Fsp3) is 0.300. The van der Waals surface area contributed by atoms with Crippen molar-refractivity contribution < 1.29 is 4.79 Å². The minimum Gasteiger partial charge on any atom is -0.371 e. The Morgan fingerprint density at radius 3 is 2.81 bits per heavy atom. The molecular weight excluding hydrogens is 366 g/mol. The lowest BCUT2D eigenvalue weighted by Gasteiger charge is -2.32. The van der Waals surface area contributed by atoms with Crippen molar-refractivity contribution in [2.24, 2.45) is 5.92 Å². The Kier molecular flexibility index (Phi) is 4.83. The summed E-state index contributed by atoms with van der Waals surface area (Å²) in [6, 6.07) is 14.0. The van der Waals surface area contributed by atoms with Gasteiger partial charge in [-0.25, -0.2) is 4.98 Å². The van der Waals surface area contributed by atoms with Gasteiger partial charge in [0.2, 0.25) is 5.91 Å². The van der Waals surface area contributed by atoms with Crippen LogP contribution in [0.4, 0.5) is 10.8 Å². The summed E-state index contributed by atoms with van der Waals surface area (Å²) in [5.41, 5.74) is 3.26. The van der Waals surface area contributed by atoms with Gasteiger partial charge in [0.05, 0.1) is 10.2 Å². The Morgan fingerprint density at radius 1 is 1.23 bits per heavy atom. The Hall–Kier alpha value is -2.11. The van der Waals surface area contributed by atoms with Crippen molar-refractivity contribution in [3.63, 3.8) is 0 Å². The number of hydrogen-bond acceptors (Lipinski definition) is 4. The van der Waals surface area contributed by atoms with E-state index < -0.39 is 0 Å². The molecule has 1 fully saturated rings. The van der Waals surface area contributed by atoms with Crippen molar-refractivity contribution in [1.29, 1.82) is 0 Å². The SMILES string of the molecule is Cc1ccc2nc(NC(=O)C3CCN(c4cccc(Cl)c4)CC3)sc2c1. The second kappa shape index (κ2) is 7.25. The van der Waals surface area contributed by atoms with Gasteiger partial charge in [0.25, 0.3) is 0 Å². The lowest BCUT2D eigenvalue weighted by atomic mass is 9.95. The first-order valence-electron chi connectivity index (χ1n) is 8.77. The van der Waals surface area contributed by atoms with Gasteiger partial charge in [-0.05, 0) is 55.7 Å². The monoisotopic (exact) mass is 385 g/mol. The minimum atomic E-state index is 0.0270. The lowest BCUT2D eigenvalue weighted by Crippen LogP contribution is -2.38. The molecule has 1 N–H and O–H groups in total. The molecule has 1 saturated heterocycles. The number of thiazole rings is 1. The first-order valence-corrected chi connectivity index (χ1v) is 9.96. The van der Waals surface area contributed by atoms with E-state index in [1.165, 1.54) is 16.9 Å². The molecule has 1 aliphatic rings. The summed E-state index contributed by atoms with van der Waals surface area (Å²) in [4.78, 5) is 19.4. The van der Waals surface area contributed by atoms with E-state index in [1.54, 1.807) is 0 Å². The van der Waals surface area contributed by atoms with Gasteiger partial charge in [-0.3, -0.25) is 4.79 Å². The molecule has 0 aliphatic carbocycles. The molecule has 1 aromatic heterocycles. The molecule has 0 spiro atoms. The second-order valence-corrected chi connectivity index (χ2v) is 8.19. The van der Waals surface area contributed by atoms with Crippen LogP contribution in [0.3, 0.4) is 0 Å². The Labute approximate surface area is 161 Å². The molecular formula is C20H20ClN3OS. The summed E-state index contributed by atoms with van der Waals surface area (Å²) in [6.45, 7) is 3.78. The molecule has 0 atom stereocenters. The van der Waals surface area contributed by atoms with E-state index in [9.17, 15) is 4.79 Å². The number of carbonyl (C=O) groups is 1. The third kappa shape index (κ3) is 3.69. The zero-order valence-corrected chi connectivity index (χ0v) is 16.1. The van der Waals surface area contributed by atoms with Crippen molar-refractivity contribution >= 4 is 49.9 Å². The number of amides is 1. The number of aromatic nitrogens is 1. The molecule has 0 radical (unpaired) electrons. The first-order chi connectivity index (χ1) is 12.6. The first kappa shape index (κ1) is 17.3. The second-order valence-electron chi connectivity index (χ2n) is 6.72. The summed E-state index contributed by atoms with van der Waals surface area (Å²) in [7, 11) is 0. The smallest absolute Gasteiger partial charge is 0.229 e. The zero-order valence-electron chi connectivity index (χ0n) is 14.5. The number of piperidine rings is 1. The third-order valence-electron chi connectivity index (χ3n) is 4.81. The van der Waals surface area contributed by atoms with Crippen LogP contribution in [0.25, 0.3) is 10.2 Å². The molecule has 6 heteroatoms. The highest BCUT2D eigenvalue weighted by Gasteiger charge is 2.26. The summed E-state index contributed by atoms with van der Waals surface area (Å²) in [6.07, 6.45) is 1.67. The van der Waals surface area contributed by atoms with Crippen LogP contribution in [0.2, 0.25) is 5.02 Å². The fourth-order valence-electron chi connectivity index (χ4n) is 3.37. The van der Waals surface area contributed by atoms with Crippen LogP contribution in [-0.2, 0) is 4.79 Å².